The van der Waals surface area contributed by atoms with Crippen LogP contribution in [0.3, 0.4) is 0 Å². The number of hydrogen-bond donors (Lipinski definition) is 1. The Labute approximate surface area is 124 Å². The smallest absolute Gasteiger partial charge is 0.241 e. The van der Waals surface area contributed by atoms with Crippen LogP contribution in [0.5, 0.6) is 0 Å². The molecule has 1 heterocycles. The Morgan fingerprint density at radius 3 is 2.55 bits per heavy atom. The SMILES string of the molecule is CCCC1NC(C(C)C)N(CCCC2CCCC2)C1=O. The summed E-state index contributed by atoms with van der Waals surface area (Å²) in [7, 11) is 0. The third-order valence-corrected chi connectivity index (χ3v) is 4.98. The van der Waals surface area contributed by atoms with Crippen molar-refractivity contribution in [3.8, 4) is 0 Å². The number of carbonyl (C=O) groups is 1. The summed E-state index contributed by atoms with van der Waals surface area (Å²) in [6, 6.07) is 0.0684. The lowest BCUT2D eigenvalue weighted by atomic mass is 10.0. The van der Waals surface area contributed by atoms with Gasteiger partial charge in [-0.15, -0.1) is 0 Å². The quantitative estimate of drug-likeness (QED) is 0.773. The topological polar surface area (TPSA) is 32.3 Å². The highest BCUT2D eigenvalue weighted by Gasteiger charge is 2.39. The van der Waals surface area contributed by atoms with Crippen molar-refractivity contribution in [1.82, 2.24) is 10.2 Å². The van der Waals surface area contributed by atoms with Gasteiger partial charge in [0.25, 0.3) is 0 Å². The predicted octanol–water partition coefficient (Wildman–Crippen LogP) is 3.54. The average molecular weight is 280 g/mol. The van der Waals surface area contributed by atoms with Gasteiger partial charge in [-0.1, -0.05) is 52.9 Å². The van der Waals surface area contributed by atoms with Crippen LogP contribution >= 0.6 is 0 Å². The number of nitrogens with zero attached hydrogens (tertiary/aromatic N) is 1. The molecular weight excluding hydrogens is 248 g/mol. The fraction of sp³-hybridized carbons (Fsp3) is 0.941. The minimum Gasteiger partial charge on any atom is -0.326 e. The van der Waals surface area contributed by atoms with E-state index in [9.17, 15) is 4.79 Å². The molecule has 0 aromatic rings. The Bertz CT molecular complexity index is 310. The van der Waals surface area contributed by atoms with Gasteiger partial charge >= 0.3 is 0 Å². The van der Waals surface area contributed by atoms with Crippen LogP contribution in [0.1, 0.15) is 72.1 Å². The molecule has 2 fully saturated rings. The van der Waals surface area contributed by atoms with E-state index in [-0.39, 0.29) is 12.2 Å². The highest BCUT2D eigenvalue weighted by molar-refractivity contribution is 5.84. The minimum atomic E-state index is 0.0684. The fourth-order valence-electron chi connectivity index (χ4n) is 3.85. The lowest BCUT2D eigenvalue weighted by Crippen LogP contribution is -2.42. The van der Waals surface area contributed by atoms with Gasteiger partial charge in [-0.05, 0) is 31.1 Å². The van der Waals surface area contributed by atoms with Gasteiger partial charge in [0, 0.05) is 6.54 Å². The average Bonchev–Trinajstić information content (AvgIpc) is 3.01. The predicted molar refractivity (Wildman–Crippen MR) is 83.4 cm³/mol. The summed E-state index contributed by atoms with van der Waals surface area (Å²) in [5, 5.41) is 3.55. The maximum Gasteiger partial charge on any atom is 0.241 e. The normalized spacial score (nSPS) is 28.0. The molecule has 2 aliphatic rings. The van der Waals surface area contributed by atoms with Crippen molar-refractivity contribution in [2.75, 3.05) is 6.54 Å². The number of hydrogen-bond acceptors (Lipinski definition) is 2. The third-order valence-electron chi connectivity index (χ3n) is 4.98. The standard InChI is InChI=1S/C17H32N2O/c1-4-8-15-17(20)19(16(18-15)13(2)3)12-7-11-14-9-5-6-10-14/h13-16,18H,4-12H2,1-3H3. The molecule has 0 radical (unpaired) electrons. The monoisotopic (exact) mass is 280 g/mol. The van der Waals surface area contributed by atoms with Gasteiger partial charge in [-0.3, -0.25) is 10.1 Å². The van der Waals surface area contributed by atoms with Crippen LogP contribution < -0.4 is 5.32 Å². The zero-order valence-corrected chi connectivity index (χ0v) is 13.5. The molecule has 1 aliphatic heterocycles. The number of amides is 1. The Morgan fingerprint density at radius 1 is 1.25 bits per heavy atom. The molecule has 0 aromatic carbocycles. The summed E-state index contributed by atoms with van der Waals surface area (Å²) in [5.41, 5.74) is 0. The Morgan fingerprint density at radius 2 is 1.95 bits per heavy atom. The summed E-state index contributed by atoms with van der Waals surface area (Å²) in [4.78, 5) is 14.6. The molecule has 116 valence electrons. The molecule has 2 rings (SSSR count). The Balaban J connectivity index is 1.84. The zero-order valence-electron chi connectivity index (χ0n) is 13.5. The van der Waals surface area contributed by atoms with Crippen LogP contribution in [0.25, 0.3) is 0 Å². The molecule has 1 N–H and O–H groups in total. The van der Waals surface area contributed by atoms with Crippen LogP contribution in [-0.2, 0) is 4.79 Å². The Hall–Kier alpha value is -0.570. The van der Waals surface area contributed by atoms with Gasteiger partial charge < -0.3 is 4.90 Å². The van der Waals surface area contributed by atoms with Gasteiger partial charge in [-0.2, -0.15) is 0 Å². The van der Waals surface area contributed by atoms with Crippen LogP contribution in [0.4, 0.5) is 0 Å². The molecule has 0 bridgehead atoms. The van der Waals surface area contributed by atoms with Crippen LogP contribution in [-0.4, -0.2) is 29.6 Å². The lowest BCUT2D eigenvalue weighted by Gasteiger charge is -2.27. The van der Waals surface area contributed by atoms with E-state index >= 15 is 0 Å². The molecule has 0 spiro atoms. The van der Waals surface area contributed by atoms with E-state index in [0.29, 0.717) is 11.8 Å². The summed E-state index contributed by atoms with van der Waals surface area (Å²) in [5.74, 6) is 1.77. The molecular formula is C17H32N2O. The van der Waals surface area contributed by atoms with Crippen molar-refractivity contribution in [3.63, 3.8) is 0 Å². The third kappa shape index (κ3) is 3.75. The number of nitrogens with one attached hydrogen (secondary N) is 1. The summed E-state index contributed by atoms with van der Waals surface area (Å²) in [6.07, 6.45) is 10.5. The van der Waals surface area contributed by atoms with E-state index in [1.54, 1.807) is 0 Å². The summed E-state index contributed by atoms with van der Waals surface area (Å²) >= 11 is 0. The molecule has 2 unspecified atom stereocenters. The van der Waals surface area contributed by atoms with Crippen molar-refractivity contribution < 1.29 is 4.79 Å². The highest BCUT2D eigenvalue weighted by atomic mass is 16.2. The van der Waals surface area contributed by atoms with Gasteiger partial charge in [-0.25, -0.2) is 0 Å². The first-order chi connectivity index (χ1) is 9.63. The first-order valence-electron chi connectivity index (χ1n) is 8.70. The van der Waals surface area contributed by atoms with E-state index in [1.807, 2.05) is 0 Å². The summed E-state index contributed by atoms with van der Waals surface area (Å²) in [6.45, 7) is 7.53. The molecule has 1 aliphatic carbocycles. The second-order valence-electron chi connectivity index (χ2n) is 7.02. The Kier molecular flexibility index (Phi) is 5.88. The maximum absolute atomic E-state index is 12.5. The lowest BCUT2D eigenvalue weighted by molar-refractivity contribution is -0.130. The molecule has 1 saturated heterocycles. The molecule has 0 aromatic heterocycles. The van der Waals surface area contributed by atoms with Crippen LogP contribution in [0.15, 0.2) is 0 Å². The fourth-order valence-corrected chi connectivity index (χ4v) is 3.85. The first kappa shape index (κ1) is 15.8. The number of carbonyl (C=O) groups excluding carboxylic acids is 1. The van der Waals surface area contributed by atoms with Gasteiger partial charge in [0.15, 0.2) is 0 Å². The van der Waals surface area contributed by atoms with Crippen molar-refractivity contribution in [3.05, 3.63) is 0 Å². The van der Waals surface area contributed by atoms with E-state index < -0.39 is 0 Å². The van der Waals surface area contributed by atoms with Crippen molar-refractivity contribution in [2.24, 2.45) is 11.8 Å². The van der Waals surface area contributed by atoms with Crippen LogP contribution in [0, 0.1) is 11.8 Å². The second kappa shape index (κ2) is 7.44. The van der Waals surface area contributed by atoms with Gasteiger partial charge in [0.1, 0.15) is 0 Å². The van der Waals surface area contributed by atoms with E-state index in [2.05, 4.69) is 31.0 Å². The van der Waals surface area contributed by atoms with E-state index in [4.69, 9.17) is 0 Å². The highest BCUT2D eigenvalue weighted by Crippen LogP contribution is 2.29. The minimum absolute atomic E-state index is 0.0684. The molecule has 20 heavy (non-hydrogen) atoms. The van der Waals surface area contributed by atoms with E-state index in [0.717, 1.165) is 25.3 Å². The number of rotatable bonds is 7. The van der Waals surface area contributed by atoms with E-state index in [1.165, 1.54) is 38.5 Å². The maximum atomic E-state index is 12.5. The summed E-state index contributed by atoms with van der Waals surface area (Å²) < 4.78 is 0. The zero-order chi connectivity index (χ0) is 14.5. The molecule has 2 atom stereocenters. The molecule has 1 saturated carbocycles. The van der Waals surface area contributed by atoms with Crippen molar-refractivity contribution in [1.29, 1.82) is 0 Å². The molecule has 1 amide bonds. The molecule has 3 heteroatoms. The van der Waals surface area contributed by atoms with Crippen LogP contribution in [0.2, 0.25) is 0 Å². The largest absolute Gasteiger partial charge is 0.326 e. The first-order valence-corrected chi connectivity index (χ1v) is 8.70. The van der Waals surface area contributed by atoms with Crippen molar-refractivity contribution >= 4 is 5.91 Å². The molecule has 3 nitrogen and oxygen atoms in total. The van der Waals surface area contributed by atoms with Gasteiger partial charge in [0.2, 0.25) is 5.91 Å². The van der Waals surface area contributed by atoms with Crippen molar-refractivity contribution in [2.45, 2.75) is 84.3 Å². The van der Waals surface area contributed by atoms with Gasteiger partial charge in [0.05, 0.1) is 12.2 Å². The second-order valence-corrected chi connectivity index (χ2v) is 7.02.